The smallest absolute Gasteiger partial charge is 0.251 e. The van der Waals surface area contributed by atoms with E-state index in [0.717, 1.165) is 0 Å². The zero-order chi connectivity index (χ0) is 14.9. The van der Waals surface area contributed by atoms with Gasteiger partial charge in [-0.2, -0.15) is 0 Å². The van der Waals surface area contributed by atoms with E-state index in [2.05, 4.69) is 10.6 Å². The van der Waals surface area contributed by atoms with Crippen molar-refractivity contribution in [2.45, 2.75) is 12.5 Å². The van der Waals surface area contributed by atoms with Gasteiger partial charge >= 0.3 is 0 Å². The molecule has 2 aromatic rings. The maximum Gasteiger partial charge on any atom is 0.251 e. The molecule has 1 unspecified atom stereocenters. The Morgan fingerprint density at radius 1 is 0.955 bits per heavy atom. The molecular formula is C17H17N2O2Y-. The molecule has 0 aromatic heterocycles. The minimum atomic E-state index is -0.433. The molecular weight excluding hydrogens is 353 g/mol. The van der Waals surface area contributed by atoms with E-state index in [1.807, 2.05) is 42.5 Å². The van der Waals surface area contributed by atoms with E-state index < -0.39 is 6.04 Å². The fraction of sp³-hybridized carbons (Fsp3) is 0.176. The first kappa shape index (κ1) is 18.5. The first-order chi connectivity index (χ1) is 10.3. The van der Waals surface area contributed by atoms with E-state index in [1.165, 1.54) is 0 Å². The Labute approximate surface area is 155 Å². The maximum atomic E-state index is 11.6. The van der Waals surface area contributed by atoms with Gasteiger partial charge in [0, 0.05) is 38.3 Å². The molecule has 3 rings (SSSR count). The third kappa shape index (κ3) is 6.08. The number of carbonyl (C=O) groups excluding carboxylic acids is 2. The van der Waals surface area contributed by atoms with E-state index in [9.17, 15) is 9.59 Å². The predicted octanol–water partition coefficient (Wildman–Crippen LogP) is 2.77. The quantitative estimate of drug-likeness (QED) is 0.884. The van der Waals surface area contributed by atoms with Gasteiger partial charge in [0.2, 0.25) is 0 Å². The topological polar surface area (TPSA) is 60.3 Å². The molecule has 1 heterocycles. The number of benzene rings is 2. The van der Waals surface area contributed by atoms with E-state index in [-0.39, 0.29) is 44.5 Å². The molecule has 2 amide bonds. The molecule has 2 aromatic carbocycles. The summed E-state index contributed by atoms with van der Waals surface area (Å²) in [5, 5.41) is 6.37. The van der Waals surface area contributed by atoms with Crippen LogP contribution in [0.5, 0.6) is 0 Å². The second kappa shape index (κ2) is 10.3. The van der Waals surface area contributed by atoms with E-state index in [1.54, 1.807) is 24.3 Å². The van der Waals surface area contributed by atoms with Crippen LogP contribution in [0.15, 0.2) is 66.7 Å². The van der Waals surface area contributed by atoms with Crippen LogP contribution in [0.3, 0.4) is 0 Å². The Morgan fingerprint density at radius 3 is 1.91 bits per heavy atom. The Balaban J connectivity index is 0.000000293. The van der Waals surface area contributed by atoms with E-state index in [4.69, 9.17) is 0 Å². The molecule has 1 saturated heterocycles. The van der Waals surface area contributed by atoms with Gasteiger partial charge in [-0.25, -0.2) is 0 Å². The van der Waals surface area contributed by atoms with Crippen molar-refractivity contribution in [1.29, 1.82) is 0 Å². The minimum Gasteiger partial charge on any atom is -0.651 e. The second-order valence-corrected chi connectivity index (χ2v) is 4.56. The molecule has 4 nitrogen and oxygen atoms in total. The van der Waals surface area contributed by atoms with Gasteiger partial charge < -0.3 is 15.4 Å². The molecule has 1 radical (unpaired) electrons. The van der Waals surface area contributed by atoms with Crippen molar-refractivity contribution in [3.8, 4) is 0 Å². The largest absolute Gasteiger partial charge is 0.651 e. The summed E-state index contributed by atoms with van der Waals surface area (Å²) in [6.07, 6.45) is 0.609. The molecule has 1 fully saturated rings. The van der Waals surface area contributed by atoms with Crippen LogP contribution in [0.1, 0.15) is 16.8 Å². The molecule has 0 bridgehead atoms. The van der Waals surface area contributed by atoms with Crippen LogP contribution in [0.4, 0.5) is 0 Å². The Hall–Kier alpha value is -1.52. The zero-order valence-electron chi connectivity index (χ0n) is 12.2. The number of amides is 2. The summed E-state index contributed by atoms with van der Waals surface area (Å²) in [6, 6.07) is 20.4. The fourth-order valence-electron chi connectivity index (χ4n) is 1.89. The third-order valence-electron chi connectivity index (χ3n) is 2.99. The number of carbonyl (C=O) groups is 2. The average Bonchev–Trinajstić information content (AvgIpc) is 2.95. The Morgan fingerprint density at radius 2 is 1.45 bits per heavy atom. The Kier molecular flexibility index (Phi) is 8.63. The van der Waals surface area contributed by atoms with Crippen molar-refractivity contribution in [3.63, 3.8) is 0 Å². The first-order valence-corrected chi connectivity index (χ1v) is 6.84. The molecule has 1 N–H and O–H groups in total. The van der Waals surface area contributed by atoms with Crippen molar-refractivity contribution in [2.75, 3.05) is 6.54 Å². The number of hydrogen-bond acceptors (Lipinski definition) is 2. The van der Waals surface area contributed by atoms with Gasteiger partial charge in [-0.3, -0.25) is 4.79 Å². The monoisotopic (exact) mass is 370 g/mol. The predicted molar refractivity (Wildman–Crippen MR) is 82.0 cm³/mol. The minimum absolute atomic E-state index is 0. The van der Waals surface area contributed by atoms with Crippen molar-refractivity contribution in [3.05, 3.63) is 77.6 Å². The van der Waals surface area contributed by atoms with Crippen LogP contribution in [-0.4, -0.2) is 24.4 Å². The van der Waals surface area contributed by atoms with Crippen molar-refractivity contribution in [2.24, 2.45) is 0 Å². The van der Waals surface area contributed by atoms with Gasteiger partial charge in [0.05, 0.1) is 11.9 Å². The second-order valence-electron chi connectivity index (χ2n) is 4.56. The van der Waals surface area contributed by atoms with Crippen LogP contribution in [0.2, 0.25) is 0 Å². The van der Waals surface area contributed by atoms with Crippen LogP contribution >= 0.6 is 0 Å². The normalized spacial score (nSPS) is 15.6. The van der Waals surface area contributed by atoms with Gasteiger partial charge in [-0.1, -0.05) is 54.6 Å². The molecule has 1 atom stereocenters. The average molecular weight is 370 g/mol. The van der Waals surface area contributed by atoms with Crippen molar-refractivity contribution >= 4 is 11.8 Å². The van der Waals surface area contributed by atoms with Crippen molar-refractivity contribution < 1.29 is 42.3 Å². The van der Waals surface area contributed by atoms with E-state index in [0.29, 0.717) is 18.5 Å². The summed E-state index contributed by atoms with van der Waals surface area (Å²) >= 11 is 0. The number of nitrogens with one attached hydrogen (secondary N) is 1. The van der Waals surface area contributed by atoms with Crippen molar-refractivity contribution in [1.82, 2.24) is 5.32 Å². The molecule has 5 heteroatoms. The van der Waals surface area contributed by atoms with Crippen LogP contribution in [0.25, 0.3) is 5.32 Å². The summed E-state index contributed by atoms with van der Waals surface area (Å²) in [5.74, 6) is -0.440. The number of nitrogens with zero attached hydrogens (tertiary/aromatic N) is 1. The van der Waals surface area contributed by atoms with Crippen LogP contribution in [-0.2, 0) is 37.5 Å². The van der Waals surface area contributed by atoms with Gasteiger partial charge in [0.15, 0.2) is 0 Å². The van der Waals surface area contributed by atoms with Crippen LogP contribution in [0, 0.1) is 0 Å². The summed E-state index contributed by atoms with van der Waals surface area (Å²) in [5.41, 5.74) is 0.567. The fourth-order valence-corrected chi connectivity index (χ4v) is 1.89. The summed E-state index contributed by atoms with van der Waals surface area (Å²) in [4.78, 5) is 22.8. The van der Waals surface area contributed by atoms with Gasteiger partial charge in [0.25, 0.3) is 5.91 Å². The number of hydrogen-bond donors (Lipinski definition) is 1. The molecule has 0 saturated carbocycles. The molecule has 111 valence electrons. The SMILES string of the molecule is O=C(NC1CC[N-]C1=O)c1ccccc1.[Y].c1ccccc1. The summed E-state index contributed by atoms with van der Waals surface area (Å²) in [6.45, 7) is 0.512. The molecule has 22 heavy (non-hydrogen) atoms. The van der Waals surface area contributed by atoms with Gasteiger partial charge in [0.1, 0.15) is 0 Å². The maximum absolute atomic E-state index is 11.6. The molecule has 0 spiro atoms. The summed E-state index contributed by atoms with van der Waals surface area (Å²) in [7, 11) is 0. The zero-order valence-corrected chi connectivity index (χ0v) is 15.0. The molecule has 0 aliphatic carbocycles. The van der Waals surface area contributed by atoms with Gasteiger partial charge in [-0.05, 0) is 18.6 Å². The van der Waals surface area contributed by atoms with Crippen LogP contribution < -0.4 is 5.32 Å². The Bertz CT molecular complexity index is 549. The van der Waals surface area contributed by atoms with Gasteiger partial charge in [-0.15, -0.1) is 6.54 Å². The molecule has 1 aliphatic rings. The summed E-state index contributed by atoms with van der Waals surface area (Å²) < 4.78 is 0. The molecule has 1 aliphatic heterocycles. The first-order valence-electron chi connectivity index (χ1n) is 6.84. The number of rotatable bonds is 2. The third-order valence-corrected chi connectivity index (χ3v) is 2.99. The van der Waals surface area contributed by atoms with E-state index >= 15 is 0 Å². The standard InChI is InChI=1S/C11H12N2O2.C6H6.Y/c14-10(8-4-2-1-3-5-8)13-9-6-7-12-11(9)15;1-2-4-6-5-3-1;/h1-5,9H,6-7H2,(H2,12,13,14,15);1-6H;/p-1.